The van der Waals surface area contributed by atoms with E-state index in [1.54, 1.807) is 0 Å². The number of ether oxygens (including phenoxy) is 2. The molecule has 0 radical (unpaired) electrons. The van der Waals surface area contributed by atoms with Crippen LogP contribution in [-0.4, -0.2) is 25.3 Å². The second kappa shape index (κ2) is 4.65. The van der Waals surface area contributed by atoms with Crippen LogP contribution in [0.1, 0.15) is 35.8 Å². The summed E-state index contributed by atoms with van der Waals surface area (Å²) in [7, 11) is 0. The van der Waals surface area contributed by atoms with Gasteiger partial charge in [0.25, 0.3) is 0 Å². The summed E-state index contributed by atoms with van der Waals surface area (Å²) in [5.41, 5.74) is 3.67. The SMILES string of the molecule is Cc1ccc(C2OCC3(CCNCC3)O2)c(C)c1. The van der Waals surface area contributed by atoms with Gasteiger partial charge in [-0.1, -0.05) is 23.8 Å². The van der Waals surface area contributed by atoms with Crippen molar-refractivity contribution in [2.45, 2.75) is 38.6 Å². The Labute approximate surface area is 108 Å². The molecule has 2 heterocycles. The summed E-state index contributed by atoms with van der Waals surface area (Å²) in [6.45, 7) is 7.03. The number of piperidine rings is 1. The third-order valence-corrected chi connectivity index (χ3v) is 4.05. The van der Waals surface area contributed by atoms with Crippen molar-refractivity contribution in [2.75, 3.05) is 19.7 Å². The van der Waals surface area contributed by atoms with Crippen molar-refractivity contribution in [3.8, 4) is 0 Å². The van der Waals surface area contributed by atoms with Gasteiger partial charge in [0.05, 0.1) is 12.2 Å². The van der Waals surface area contributed by atoms with Crippen molar-refractivity contribution in [1.29, 1.82) is 0 Å². The highest BCUT2D eigenvalue weighted by Crippen LogP contribution is 2.39. The first-order chi connectivity index (χ1) is 8.69. The van der Waals surface area contributed by atoms with Crippen LogP contribution in [0.4, 0.5) is 0 Å². The number of nitrogens with one attached hydrogen (secondary N) is 1. The van der Waals surface area contributed by atoms with E-state index in [1.807, 2.05) is 0 Å². The van der Waals surface area contributed by atoms with E-state index in [0.717, 1.165) is 32.5 Å². The minimum Gasteiger partial charge on any atom is -0.345 e. The van der Waals surface area contributed by atoms with Crippen LogP contribution in [-0.2, 0) is 9.47 Å². The van der Waals surface area contributed by atoms with Gasteiger partial charge in [0, 0.05) is 5.56 Å². The Balaban J connectivity index is 1.78. The minimum atomic E-state index is -0.177. The van der Waals surface area contributed by atoms with Gasteiger partial charge in [-0.3, -0.25) is 0 Å². The largest absolute Gasteiger partial charge is 0.345 e. The van der Waals surface area contributed by atoms with Crippen LogP contribution in [0, 0.1) is 13.8 Å². The molecule has 3 heteroatoms. The fourth-order valence-electron chi connectivity index (χ4n) is 2.91. The van der Waals surface area contributed by atoms with Crippen LogP contribution in [0.25, 0.3) is 0 Å². The van der Waals surface area contributed by atoms with Gasteiger partial charge in [-0.05, 0) is 45.3 Å². The van der Waals surface area contributed by atoms with Crippen molar-refractivity contribution in [3.05, 3.63) is 34.9 Å². The summed E-state index contributed by atoms with van der Waals surface area (Å²) < 4.78 is 12.1. The summed E-state index contributed by atoms with van der Waals surface area (Å²) in [6, 6.07) is 6.45. The van der Waals surface area contributed by atoms with Crippen LogP contribution in [0.3, 0.4) is 0 Å². The third kappa shape index (κ3) is 2.18. The number of rotatable bonds is 1. The van der Waals surface area contributed by atoms with Gasteiger partial charge >= 0.3 is 0 Å². The van der Waals surface area contributed by atoms with Crippen LogP contribution in [0.15, 0.2) is 18.2 Å². The molecule has 3 rings (SSSR count). The molecule has 0 aliphatic carbocycles. The van der Waals surface area contributed by atoms with E-state index in [9.17, 15) is 0 Å². The Bertz CT molecular complexity index is 438. The van der Waals surface area contributed by atoms with Crippen molar-refractivity contribution in [1.82, 2.24) is 5.32 Å². The van der Waals surface area contributed by atoms with Gasteiger partial charge in [-0.2, -0.15) is 0 Å². The first-order valence-electron chi connectivity index (χ1n) is 6.76. The Morgan fingerprint density at radius 2 is 2.00 bits per heavy atom. The number of hydrogen-bond donors (Lipinski definition) is 1. The maximum absolute atomic E-state index is 6.23. The average molecular weight is 247 g/mol. The van der Waals surface area contributed by atoms with Crippen molar-refractivity contribution in [2.24, 2.45) is 0 Å². The molecule has 2 aliphatic rings. The monoisotopic (exact) mass is 247 g/mol. The van der Waals surface area contributed by atoms with Crippen LogP contribution >= 0.6 is 0 Å². The first kappa shape index (κ1) is 12.2. The third-order valence-electron chi connectivity index (χ3n) is 4.05. The van der Waals surface area contributed by atoms with Crippen molar-refractivity contribution in [3.63, 3.8) is 0 Å². The van der Waals surface area contributed by atoms with E-state index in [4.69, 9.17) is 9.47 Å². The zero-order valence-corrected chi connectivity index (χ0v) is 11.2. The Hall–Kier alpha value is -0.900. The van der Waals surface area contributed by atoms with Gasteiger partial charge in [0.2, 0.25) is 0 Å². The molecule has 0 saturated carbocycles. The summed E-state index contributed by atoms with van der Waals surface area (Å²) in [4.78, 5) is 0. The van der Waals surface area contributed by atoms with Crippen molar-refractivity contribution < 1.29 is 9.47 Å². The molecule has 1 atom stereocenters. The Morgan fingerprint density at radius 1 is 1.22 bits per heavy atom. The maximum Gasteiger partial charge on any atom is 0.184 e. The first-order valence-corrected chi connectivity index (χ1v) is 6.76. The van der Waals surface area contributed by atoms with E-state index in [-0.39, 0.29) is 11.9 Å². The van der Waals surface area contributed by atoms with E-state index in [1.165, 1.54) is 16.7 Å². The lowest BCUT2D eigenvalue weighted by atomic mass is 9.93. The van der Waals surface area contributed by atoms with Gasteiger partial charge in [0.1, 0.15) is 0 Å². The second-order valence-electron chi connectivity index (χ2n) is 5.55. The fraction of sp³-hybridized carbons (Fsp3) is 0.600. The lowest BCUT2D eigenvalue weighted by Crippen LogP contribution is -2.43. The van der Waals surface area contributed by atoms with Crippen LogP contribution in [0.5, 0.6) is 0 Å². The van der Waals surface area contributed by atoms with E-state index >= 15 is 0 Å². The van der Waals surface area contributed by atoms with Gasteiger partial charge in [-0.25, -0.2) is 0 Å². The molecule has 1 aromatic carbocycles. The molecule has 0 amide bonds. The quantitative estimate of drug-likeness (QED) is 0.827. The zero-order chi connectivity index (χ0) is 12.6. The number of aryl methyl sites for hydroxylation is 2. The van der Waals surface area contributed by atoms with Gasteiger partial charge < -0.3 is 14.8 Å². The highest BCUT2D eigenvalue weighted by atomic mass is 16.7. The lowest BCUT2D eigenvalue weighted by molar-refractivity contribution is -0.101. The predicted molar refractivity (Wildman–Crippen MR) is 70.5 cm³/mol. The highest BCUT2D eigenvalue weighted by molar-refractivity contribution is 5.31. The molecule has 2 aliphatic heterocycles. The fourth-order valence-corrected chi connectivity index (χ4v) is 2.91. The number of hydrogen-bond acceptors (Lipinski definition) is 3. The van der Waals surface area contributed by atoms with Crippen LogP contribution < -0.4 is 5.32 Å². The standard InChI is InChI=1S/C15H21NO2/c1-11-3-4-13(12(2)9-11)14-17-10-15(18-14)5-7-16-8-6-15/h3-4,9,14,16H,5-8,10H2,1-2H3. The normalized spacial score (nSPS) is 26.7. The molecule has 2 saturated heterocycles. The second-order valence-corrected chi connectivity index (χ2v) is 5.55. The summed E-state index contributed by atoms with van der Waals surface area (Å²) in [6.07, 6.45) is 1.92. The topological polar surface area (TPSA) is 30.5 Å². The lowest BCUT2D eigenvalue weighted by Gasteiger charge is -2.31. The minimum absolute atomic E-state index is 0.0484. The molecule has 1 aromatic rings. The summed E-state index contributed by atoms with van der Waals surface area (Å²) in [5, 5.41) is 3.37. The molecule has 3 nitrogen and oxygen atoms in total. The van der Waals surface area contributed by atoms with Gasteiger partial charge in [-0.15, -0.1) is 0 Å². The Kier molecular flexibility index (Phi) is 3.14. The predicted octanol–water partition coefficient (Wildman–Crippen LogP) is 2.47. The molecule has 1 spiro atoms. The maximum atomic E-state index is 6.23. The molecule has 1 N–H and O–H groups in total. The molecule has 18 heavy (non-hydrogen) atoms. The highest BCUT2D eigenvalue weighted by Gasteiger charge is 2.42. The molecule has 1 unspecified atom stereocenters. The summed E-state index contributed by atoms with van der Waals surface area (Å²) >= 11 is 0. The zero-order valence-electron chi connectivity index (χ0n) is 11.2. The van der Waals surface area contributed by atoms with E-state index in [0.29, 0.717) is 0 Å². The number of benzene rings is 1. The molecular formula is C15H21NO2. The molecule has 98 valence electrons. The smallest absolute Gasteiger partial charge is 0.184 e. The molecule has 0 bridgehead atoms. The van der Waals surface area contributed by atoms with E-state index < -0.39 is 0 Å². The molecule has 0 aromatic heterocycles. The Morgan fingerprint density at radius 3 is 2.72 bits per heavy atom. The van der Waals surface area contributed by atoms with Crippen LogP contribution in [0.2, 0.25) is 0 Å². The van der Waals surface area contributed by atoms with E-state index in [2.05, 4.69) is 37.4 Å². The summed E-state index contributed by atoms with van der Waals surface area (Å²) in [5.74, 6) is 0. The molecule has 2 fully saturated rings. The molecular weight excluding hydrogens is 226 g/mol. The average Bonchev–Trinajstić information content (AvgIpc) is 2.74. The van der Waals surface area contributed by atoms with Crippen molar-refractivity contribution >= 4 is 0 Å². The van der Waals surface area contributed by atoms with Gasteiger partial charge in [0.15, 0.2) is 6.29 Å².